The quantitative estimate of drug-likeness (QED) is 0.748. The lowest BCUT2D eigenvalue weighted by Gasteiger charge is -2.27. The van der Waals surface area contributed by atoms with Crippen molar-refractivity contribution in [1.29, 1.82) is 5.26 Å². The van der Waals surface area contributed by atoms with Gasteiger partial charge in [-0.05, 0) is 32.9 Å². The van der Waals surface area contributed by atoms with Crippen molar-refractivity contribution in [3.63, 3.8) is 0 Å². The molecule has 0 saturated heterocycles. The largest absolute Gasteiger partial charge is 0.309 e. The Bertz CT molecular complexity index is 230. The highest BCUT2D eigenvalue weighted by atomic mass is 15.1. The molecule has 16 heavy (non-hydrogen) atoms. The fourth-order valence-corrected chi connectivity index (χ4v) is 2.60. The van der Waals surface area contributed by atoms with E-state index in [-0.39, 0.29) is 5.92 Å². The average molecular weight is 223 g/mol. The summed E-state index contributed by atoms with van der Waals surface area (Å²) in [7, 11) is 0. The third-order valence-corrected chi connectivity index (χ3v) is 3.61. The van der Waals surface area contributed by atoms with E-state index in [0.29, 0.717) is 12.1 Å². The van der Waals surface area contributed by atoms with Gasteiger partial charge in [-0.25, -0.2) is 0 Å². The first-order chi connectivity index (χ1) is 7.71. The number of hydrogen-bond donors (Lipinski definition) is 1. The molecule has 1 fully saturated rings. The average Bonchev–Trinajstić information content (AvgIpc) is 2.73. The van der Waals surface area contributed by atoms with E-state index in [1.165, 1.54) is 12.8 Å². The molecular weight excluding hydrogens is 198 g/mol. The van der Waals surface area contributed by atoms with Crippen molar-refractivity contribution in [2.24, 2.45) is 5.92 Å². The van der Waals surface area contributed by atoms with Crippen molar-refractivity contribution in [2.75, 3.05) is 19.6 Å². The molecular formula is C13H25N3. The molecule has 3 atom stereocenters. The van der Waals surface area contributed by atoms with Crippen molar-refractivity contribution < 1.29 is 0 Å². The molecule has 92 valence electrons. The van der Waals surface area contributed by atoms with Gasteiger partial charge >= 0.3 is 0 Å². The Balaban J connectivity index is 2.33. The Morgan fingerprint density at radius 3 is 2.62 bits per heavy atom. The fraction of sp³-hybridized carbons (Fsp3) is 0.923. The maximum Gasteiger partial charge on any atom is 0.0672 e. The highest BCUT2D eigenvalue weighted by Crippen LogP contribution is 2.25. The van der Waals surface area contributed by atoms with Crippen LogP contribution in [0, 0.1) is 17.2 Å². The Hall–Kier alpha value is -0.590. The summed E-state index contributed by atoms with van der Waals surface area (Å²) >= 11 is 0. The minimum Gasteiger partial charge on any atom is -0.309 e. The molecule has 0 radical (unpaired) electrons. The van der Waals surface area contributed by atoms with Crippen LogP contribution in [0.4, 0.5) is 0 Å². The number of nitrogens with zero attached hydrogens (tertiary/aromatic N) is 2. The standard InChI is InChI=1S/C13H25N3/c1-4-16(5-2)10-11(3)15-13-8-6-7-12(13)9-14/h11-13,15H,4-8,10H2,1-3H3. The molecule has 3 heteroatoms. The normalized spacial score (nSPS) is 26.9. The molecule has 1 aliphatic rings. The summed E-state index contributed by atoms with van der Waals surface area (Å²) in [4.78, 5) is 2.42. The zero-order valence-corrected chi connectivity index (χ0v) is 10.9. The zero-order chi connectivity index (χ0) is 12.0. The van der Waals surface area contributed by atoms with Crippen LogP contribution in [0.5, 0.6) is 0 Å². The third kappa shape index (κ3) is 3.77. The third-order valence-electron chi connectivity index (χ3n) is 3.61. The van der Waals surface area contributed by atoms with Gasteiger partial charge in [0.05, 0.1) is 12.0 Å². The predicted molar refractivity (Wildman–Crippen MR) is 67.1 cm³/mol. The van der Waals surface area contributed by atoms with E-state index in [1.807, 2.05) is 0 Å². The van der Waals surface area contributed by atoms with Crippen LogP contribution in [0.2, 0.25) is 0 Å². The molecule has 3 unspecified atom stereocenters. The summed E-state index contributed by atoms with van der Waals surface area (Å²) in [6.07, 6.45) is 3.45. The molecule has 3 nitrogen and oxygen atoms in total. The number of hydrogen-bond acceptors (Lipinski definition) is 3. The zero-order valence-electron chi connectivity index (χ0n) is 10.9. The molecule has 0 aliphatic heterocycles. The lowest BCUT2D eigenvalue weighted by molar-refractivity contribution is 0.257. The van der Waals surface area contributed by atoms with Crippen molar-refractivity contribution in [3.05, 3.63) is 0 Å². The smallest absolute Gasteiger partial charge is 0.0672 e. The molecule has 0 spiro atoms. The van der Waals surface area contributed by atoms with Crippen molar-refractivity contribution >= 4 is 0 Å². The van der Waals surface area contributed by atoms with E-state index in [2.05, 4.69) is 37.1 Å². The van der Waals surface area contributed by atoms with Crippen LogP contribution in [0.25, 0.3) is 0 Å². The molecule has 0 aromatic heterocycles. The summed E-state index contributed by atoms with van der Waals surface area (Å²) in [6, 6.07) is 3.34. The lowest BCUT2D eigenvalue weighted by atomic mass is 10.0. The molecule has 0 heterocycles. The second-order valence-corrected chi connectivity index (χ2v) is 4.83. The minimum atomic E-state index is 0.235. The van der Waals surface area contributed by atoms with Crippen molar-refractivity contribution in [1.82, 2.24) is 10.2 Å². The molecule has 1 N–H and O–H groups in total. The molecule has 0 bridgehead atoms. The van der Waals surface area contributed by atoms with Crippen LogP contribution in [-0.4, -0.2) is 36.6 Å². The van der Waals surface area contributed by atoms with Crippen LogP contribution in [0.3, 0.4) is 0 Å². The fourth-order valence-electron chi connectivity index (χ4n) is 2.60. The van der Waals surface area contributed by atoms with E-state index in [4.69, 9.17) is 5.26 Å². The molecule has 0 aromatic carbocycles. The van der Waals surface area contributed by atoms with Gasteiger partial charge < -0.3 is 10.2 Å². The van der Waals surface area contributed by atoms with E-state index in [0.717, 1.165) is 26.1 Å². The summed E-state index contributed by atoms with van der Waals surface area (Å²) in [5.74, 6) is 0.235. The topological polar surface area (TPSA) is 39.1 Å². The monoisotopic (exact) mass is 223 g/mol. The van der Waals surface area contributed by atoms with Crippen molar-refractivity contribution in [3.8, 4) is 6.07 Å². The van der Waals surface area contributed by atoms with Gasteiger partial charge in [-0.1, -0.05) is 20.3 Å². The first kappa shape index (κ1) is 13.5. The maximum atomic E-state index is 9.02. The highest BCUT2D eigenvalue weighted by Gasteiger charge is 2.27. The Morgan fingerprint density at radius 2 is 2.06 bits per heavy atom. The van der Waals surface area contributed by atoms with Gasteiger partial charge in [-0.2, -0.15) is 5.26 Å². The summed E-state index contributed by atoms with van der Waals surface area (Å²) < 4.78 is 0. The van der Waals surface area contributed by atoms with E-state index in [9.17, 15) is 0 Å². The minimum absolute atomic E-state index is 0.235. The molecule has 0 amide bonds. The lowest BCUT2D eigenvalue weighted by Crippen LogP contribution is -2.45. The van der Waals surface area contributed by atoms with Crippen LogP contribution >= 0.6 is 0 Å². The first-order valence-electron chi connectivity index (χ1n) is 6.59. The second-order valence-electron chi connectivity index (χ2n) is 4.83. The summed E-state index contributed by atoms with van der Waals surface area (Å²) in [6.45, 7) is 9.92. The number of nitriles is 1. The predicted octanol–water partition coefficient (Wildman–Crippen LogP) is 2.00. The number of nitrogens with one attached hydrogen (secondary N) is 1. The Labute approximate surface area is 99.8 Å². The van der Waals surface area contributed by atoms with Gasteiger partial charge in [-0.3, -0.25) is 0 Å². The van der Waals surface area contributed by atoms with E-state index < -0.39 is 0 Å². The Morgan fingerprint density at radius 1 is 1.38 bits per heavy atom. The van der Waals surface area contributed by atoms with Gasteiger partial charge in [0.1, 0.15) is 0 Å². The highest BCUT2D eigenvalue weighted by molar-refractivity contribution is 4.97. The number of rotatable bonds is 6. The second kappa shape index (κ2) is 6.88. The van der Waals surface area contributed by atoms with Crippen molar-refractivity contribution in [2.45, 2.75) is 52.1 Å². The molecule has 1 saturated carbocycles. The first-order valence-corrected chi connectivity index (χ1v) is 6.59. The van der Waals surface area contributed by atoms with Crippen LogP contribution in [-0.2, 0) is 0 Å². The number of likely N-dealkylation sites (N-methyl/N-ethyl adjacent to an activating group) is 1. The Kier molecular flexibility index (Phi) is 5.79. The van der Waals surface area contributed by atoms with E-state index in [1.54, 1.807) is 0 Å². The molecule has 1 rings (SSSR count). The summed E-state index contributed by atoms with van der Waals surface area (Å²) in [5, 5.41) is 12.6. The van der Waals surface area contributed by atoms with Crippen LogP contribution in [0.15, 0.2) is 0 Å². The van der Waals surface area contributed by atoms with Crippen LogP contribution in [0.1, 0.15) is 40.0 Å². The SMILES string of the molecule is CCN(CC)CC(C)NC1CCCC1C#N. The molecule has 0 aromatic rings. The van der Waals surface area contributed by atoms with E-state index >= 15 is 0 Å². The maximum absolute atomic E-state index is 9.02. The van der Waals surface area contributed by atoms with Gasteiger partial charge in [0.2, 0.25) is 0 Å². The van der Waals surface area contributed by atoms with Gasteiger partial charge in [0, 0.05) is 18.6 Å². The van der Waals surface area contributed by atoms with Gasteiger partial charge in [0.15, 0.2) is 0 Å². The molecule has 1 aliphatic carbocycles. The van der Waals surface area contributed by atoms with Crippen LogP contribution < -0.4 is 5.32 Å². The summed E-state index contributed by atoms with van der Waals surface area (Å²) in [5.41, 5.74) is 0. The van der Waals surface area contributed by atoms with Gasteiger partial charge in [-0.15, -0.1) is 0 Å². The van der Waals surface area contributed by atoms with Gasteiger partial charge in [0.25, 0.3) is 0 Å².